The maximum atomic E-state index is 10.2. The normalized spacial score (nSPS) is 12.2. The zero-order valence-electron chi connectivity index (χ0n) is 14.1. The van der Waals surface area contributed by atoms with Crippen molar-refractivity contribution < 1.29 is 20.4 Å². The van der Waals surface area contributed by atoms with E-state index in [0.29, 0.717) is 52.0 Å². The Balaban J connectivity index is 2.86. The van der Waals surface area contributed by atoms with Crippen molar-refractivity contribution in [2.45, 2.75) is 39.3 Å². The minimum Gasteiger partial charge on any atom is -0.392 e. The fraction of sp³-hybridized carbons (Fsp3) is 0.389. The third-order valence-electron chi connectivity index (χ3n) is 4.32. The molecule has 0 aliphatic heterocycles. The van der Waals surface area contributed by atoms with E-state index in [0.717, 1.165) is 0 Å². The lowest BCUT2D eigenvalue weighted by atomic mass is 9.88. The van der Waals surface area contributed by atoms with Crippen molar-refractivity contribution in [1.29, 1.82) is 5.26 Å². The first-order chi connectivity index (χ1) is 12.0. The van der Waals surface area contributed by atoms with E-state index >= 15 is 0 Å². The van der Waals surface area contributed by atoms with Crippen molar-refractivity contribution in [1.82, 2.24) is 4.98 Å². The number of H-pyrrole nitrogens is 1. The number of aromatic nitrogens is 1. The number of benzene rings is 1. The van der Waals surface area contributed by atoms with Crippen LogP contribution in [0.2, 0.25) is 0 Å². The summed E-state index contributed by atoms with van der Waals surface area (Å²) in [5, 5.41) is 48.6. The molecule has 2 aromatic rings. The molecule has 1 aromatic heterocycles. The molecule has 0 fully saturated rings. The quantitative estimate of drug-likeness (QED) is 0.433. The summed E-state index contributed by atoms with van der Waals surface area (Å²) in [5.41, 5.74) is 9.66. The molecule has 7 nitrogen and oxygen atoms in total. The Morgan fingerprint density at radius 2 is 1.84 bits per heavy atom. The number of aliphatic hydroxyl groups is 4. The molecular weight excluding hydrogens is 322 g/mol. The number of aromatic amines is 1. The molecule has 0 amide bonds. The Morgan fingerprint density at radius 3 is 2.32 bits per heavy atom. The fourth-order valence-electron chi connectivity index (χ4n) is 3.22. The Bertz CT molecular complexity index is 791. The molecule has 1 atom stereocenters. The van der Waals surface area contributed by atoms with E-state index in [1.54, 1.807) is 19.1 Å². The van der Waals surface area contributed by atoms with Crippen LogP contribution in [0.5, 0.6) is 0 Å². The number of rotatable bonds is 7. The maximum absolute atomic E-state index is 10.2. The van der Waals surface area contributed by atoms with Gasteiger partial charge in [0, 0.05) is 23.2 Å². The lowest BCUT2D eigenvalue weighted by molar-refractivity contribution is 0.199. The fourth-order valence-corrected chi connectivity index (χ4v) is 3.22. The first-order valence-electron chi connectivity index (χ1n) is 8.03. The highest BCUT2D eigenvalue weighted by molar-refractivity contribution is 5.77. The molecular formula is C18H23N3O4. The van der Waals surface area contributed by atoms with Crippen molar-refractivity contribution >= 4 is 0 Å². The molecule has 25 heavy (non-hydrogen) atoms. The number of hydrogen-bond acceptors (Lipinski definition) is 6. The summed E-state index contributed by atoms with van der Waals surface area (Å²) in [6.07, 6.45) is -0.452. The standard InChI is InChI=1S/C18H23N3O4/c1-10(25)17-16(6-20)21-15(4-5-19)18(17)12-3-2-11(7-22)13(8-23)14(12)9-24/h2-3,10,21-25H,4-5,7-9,19H2,1H3. The van der Waals surface area contributed by atoms with Crippen LogP contribution < -0.4 is 5.73 Å². The summed E-state index contributed by atoms with van der Waals surface area (Å²) in [7, 11) is 0. The Hall–Kier alpha value is -2.21. The summed E-state index contributed by atoms with van der Waals surface area (Å²) >= 11 is 0. The van der Waals surface area contributed by atoms with Crippen LogP contribution in [-0.4, -0.2) is 32.0 Å². The van der Waals surface area contributed by atoms with Crippen LogP contribution >= 0.6 is 0 Å². The van der Waals surface area contributed by atoms with Gasteiger partial charge in [-0.25, -0.2) is 0 Å². The van der Waals surface area contributed by atoms with Crippen molar-refractivity contribution in [2.24, 2.45) is 5.73 Å². The smallest absolute Gasteiger partial charge is 0.124 e. The van der Waals surface area contributed by atoms with Crippen molar-refractivity contribution in [3.8, 4) is 17.2 Å². The first kappa shape index (κ1) is 19.1. The molecule has 1 aromatic carbocycles. The lowest BCUT2D eigenvalue weighted by Crippen LogP contribution is -2.07. The van der Waals surface area contributed by atoms with Gasteiger partial charge >= 0.3 is 0 Å². The summed E-state index contributed by atoms with van der Waals surface area (Å²) in [6.45, 7) is 0.943. The van der Waals surface area contributed by atoms with E-state index in [1.165, 1.54) is 0 Å². The van der Waals surface area contributed by atoms with E-state index in [2.05, 4.69) is 4.98 Å². The van der Waals surface area contributed by atoms with Crippen molar-refractivity contribution in [2.75, 3.05) is 6.54 Å². The third-order valence-corrected chi connectivity index (χ3v) is 4.32. The Morgan fingerprint density at radius 1 is 1.16 bits per heavy atom. The van der Waals surface area contributed by atoms with Gasteiger partial charge in [0.1, 0.15) is 11.8 Å². The molecule has 0 aliphatic rings. The highest BCUT2D eigenvalue weighted by atomic mass is 16.3. The average Bonchev–Trinajstić information content (AvgIpc) is 2.98. The van der Waals surface area contributed by atoms with Gasteiger partial charge in [-0.2, -0.15) is 5.26 Å². The number of nitrogens with one attached hydrogen (secondary N) is 1. The van der Waals surface area contributed by atoms with Crippen LogP contribution in [0.1, 0.15) is 46.7 Å². The molecule has 0 spiro atoms. The van der Waals surface area contributed by atoms with Crippen LogP contribution in [0, 0.1) is 11.3 Å². The zero-order chi connectivity index (χ0) is 18.6. The summed E-state index contributed by atoms with van der Waals surface area (Å²) in [4.78, 5) is 3.00. The van der Waals surface area contributed by atoms with Gasteiger partial charge in [0.05, 0.1) is 25.9 Å². The zero-order valence-corrected chi connectivity index (χ0v) is 14.1. The largest absolute Gasteiger partial charge is 0.392 e. The second-order valence-electron chi connectivity index (χ2n) is 5.80. The highest BCUT2D eigenvalue weighted by Gasteiger charge is 2.25. The van der Waals surface area contributed by atoms with Gasteiger partial charge in [0.15, 0.2) is 0 Å². The van der Waals surface area contributed by atoms with E-state index in [1.807, 2.05) is 6.07 Å². The topological polar surface area (TPSA) is 147 Å². The molecule has 0 bridgehead atoms. The molecule has 1 heterocycles. The van der Waals surface area contributed by atoms with Crippen LogP contribution in [0.4, 0.5) is 0 Å². The summed E-state index contributed by atoms with van der Waals surface area (Å²) in [6, 6.07) is 5.42. The first-order valence-corrected chi connectivity index (χ1v) is 8.03. The Kier molecular flexibility index (Phi) is 6.31. The van der Waals surface area contributed by atoms with Crippen molar-refractivity contribution in [3.05, 3.63) is 45.8 Å². The van der Waals surface area contributed by atoms with Gasteiger partial charge in [-0.1, -0.05) is 12.1 Å². The molecule has 134 valence electrons. The second kappa shape index (κ2) is 8.25. The number of aliphatic hydroxyl groups excluding tert-OH is 4. The van der Waals surface area contributed by atoms with Crippen LogP contribution in [-0.2, 0) is 26.2 Å². The van der Waals surface area contributed by atoms with E-state index < -0.39 is 6.10 Å². The lowest BCUT2D eigenvalue weighted by Gasteiger charge is -2.18. The predicted molar refractivity (Wildman–Crippen MR) is 92.1 cm³/mol. The van der Waals surface area contributed by atoms with Gasteiger partial charge in [0.2, 0.25) is 0 Å². The van der Waals surface area contributed by atoms with Gasteiger partial charge in [-0.15, -0.1) is 0 Å². The predicted octanol–water partition coefficient (Wildman–Crippen LogP) is 0.585. The SMILES string of the molecule is CC(O)c1c(C#N)[nH]c(CCN)c1-c1ccc(CO)c(CO)c1CO. The monoisotopic (exact) mass is 345 g/mol. The van der Waals surface area contributed by atoms with Gasteiger partial charge in [0.25, 0.3) is 0 Å². The Labute approximate surface area is 146 Å². The molecule has 7 N–H and O–H groups in total. The number of nitrogens with zero attached hydrogens (tertiary/aromatic N) is 1. The molecule has 0 saturated carbocycles. The molecule has 2 rings (SSSR count). The van der Waals surface area contributed by atoms with Gasteiger partial charge < -0.3 is 31.1 Å². The van der Waals surface area contributed by atoms with E-state index in [9.17, 15) is 25.7 Å². The van der Waals surface area contributed by atoms with Crippen molar-refractivity contribution in [3.63, 3.8) is 0 Å². The van der Waals surface area contributed by atoms with Crippen LogP contribution in [0.15, 0.2) is 12.1 Å². The number of nitriles is 1. The van der Waals surface area contributed by atoms with Gasteiger partial charge in [-0.05, 0) is 35.7 Å². The number of hydrogen-bond donors (Lipinski definition) is 6. The molecule has 7 heteroatoms. The molecule has 0 radical (unpaired) electrons. The molecule has 0 saturated heterocycles. The minimum atomic E-state index is -0.908. The molecule has 1 unspecified atom stereocenters. The average molecular weight is 345 g/mol. The third kappa shape index (κ3) is 3.44. The van der Waals surface area contributed by atoms with Crippen LogP contribution in [0.25, 0.3) is 11.1 Å². The van der Waals surface area contributed by atoms with Crippen LogP contribution in [0.3, 0.4) is 0 Å². The van der Waals surface area contributed by atoms with E-state index in [-0.39, 0.29) is 25.5 Å². The maximum Gasteiger partial charge on any atom is 0.124 e. The minimum absolute atomic E-state index is 0.245. The molecule has 0 aliphatic carbocycles. The number of nitrogens with two attached hydrogens (primary N) is 1. The summed E-state index contributed by atoms with van der Waals surface area (Å²) < 4.78 is 0. The summed E-state index contributed by atoms with van der Waals surface area (Å²) in [5.74, 6) is 0. The van der Waals surface area contributed by atoms with E-state index in [4.69, 9.17) is 5.73 Å². The second-order valence-corrected chi connectivity index (χ2v) is 5.80. The van der Waals surface area contributed by atoms with Gasteiger partial charge in [-0.3, -0.25) is 0 Å². The highest BCUT2D eigenvalue weighted by Crippen LogP contribution is 2.38.